The number of carbonyl (C=O) groups excluding carboxylic acids is 1. The average molecular weight is 429 g/mol. The van der Waals surface area contributed by atoms with Crippen molar-refractivity contribution in [1.29, 1.82) is 0 Å². The zero-order chi connectivity index (χ0) is 20.7. The van der Waals surface area contributed by atoms with Crippen molar-refractivity contribution in [3.05, 3.63) is 0 Å². The third-order valence-corrected chi connectivity index (χ3v) is 4.92. The van der Waals surface area contributed by atoms with Crippen molar-refractivity contribution >= 4 is 11.9 Å². The minimum atomic E-state index is -1.96. The number of aliphatic carboxylic acids is 1. The number of ether oxygens (including phenoxy) is 4. The fraction of sp³-hybridized carbons (Fsp3) is 0.875. The minimum absolute atomic E-state index is 0. The molecular formula is C16H24NNaO11. The Bertz CT molecular complexity index is 620. The smallest absolute Gasteiger partial charge is 0.547 e. The first-order valence-electron chi connectivity index (χ1n) is 8.90. The van der Waals surface area contributed by atoms with Gasteiger partial charge in [0.25, 0.3) is 0 Å². The molecule has 2 fully saturated rings. The molecule has 3 aliphatic rings. The van der Waals surface area contributed by atoms with Crippen LogP contribution in [0.4, 0.5) is 0 Å². The SMILES string of the molecule is CC(C)C1=N[C@@H]2[C@H](O1)O[C@H](CO)[C@@H](O)[C@@H]2O[C@@H]1O[C@H](C(=O)[O-])[C@@H](O)[C@H](O)[C@H]1O.[Na+]. The van der Waals surface area contributed by atoms with Gasteiger partial charge in [0.15, 0.2) is 12.2 Å². The number of aliphatic imine (C=N–C) groups is 1. The number of hydrogen-bond donors (Lipinski definition) is 5. The molecule has 0 aromatic rings. The zero-order valence-electron chi connectivity index (χ0n) is 16.2. The standard InChI is InChI=1S/C16H25NO11.Na/c1-4(2)13-17-6-11(7(19)5(3-18)25-15(6)28-13)26-16-10(22)8(20)9(21)12(27-16)14(23)24;/h4-12,15-16,18-22H,3H2,1-2H3,(H,23,24);/q;+1/p-1/t5-,6+,7-,8+,9+,10-,11-,12+,15+,16-;/m1./s1. The van der Waals surface area contributed by atoms with E-state index in [0.717, 1.165) is 0 Å². The molecule has 0 amide bonds. The maximum absolute atomic E-state index is 11.1. The topological polar surface area (TPSA) is 191 Å². The number of carboxylic acid groups (broad SMARTS) is 1. The van der Waals surface area contributed by atoms with Gasteiger partial charge in [-0.1, -0.05) is 13.8 Å². The Kier molecular flexibility index (Phi) is 8.44. The molecule has 3 rings (SSSR count). The Morgan fingerprint density at radius 2 is 1.79 bits per heavy atom. The summed E-state index contributed by atoms with van der Waals surface area (Å²) in [7, 11) is 0. The van der Waals surface area contributed by atoms with Crippen LogP contribution in [0.25, 0.3) is 0 Å². The van der Waals surface area contributed by atoms with Crippen LogP contribution in [0.2, 0.25) is 0 Å². The molecule has 29 heavy (non-hydrogen) atoms. The number of fused-ring (bicyclic) bond motifs is 1. The van der Waals surface area contributed by atoms with Crippen LogP contribution in [0.3, 0.4) is 0 Å². The molecule has 0 bridgehead atoms. The second-order valence-electron chi connectivity index (χ2n) is 7.26. The fourth-order valence-corrected chi connectivity index (χ4v) is 3.34. The summed E-state index contributed by atoms with van der Waals surface area (Å²) in [5.41, 5.74) is 0. The largest absolute Gasteiger partial charge is 1.00 e. The molecule has 10 atom stereocenters. The number of carbonyl (C=O) groups is 1. The van der Waals surface area contributed by atoms with Gasteiger partial charge in [0.1, 0.15) is 48.8 Å². The molecule has 0 aromatic heterocycles. The molecule has 12 nitrogen and oxygen atoms in total. The molecule has 0 spiro atoms. The van der Waals surface area contributed by atoms with Gasteiger partial charge >= 0.3 is 29.6 Å². The van der Waals surface area contributed by atoms with E-state index in [0.29, 0.717) is 5.90 Å². The molecule has 5 N–H and O–H groups in total. The van der Waals surface area contributed by atoms with Crippen LogP contribution in [0, 0.1) is 5.92 Å². The minimum Gasteiger partial charge on any atom is -0.547 e. The molecule has 13 heteroatoms. The van der Waals surface area contributed by atoms with Gasteiger partial charge in [-0.25, -0.2) is 4.99 Å². The van der Waals surface area contributed by atoms with Crippen LogP contribution in [0.1, 0.15) is 13.8 Å². The average Bonchev–Trinajstić information content (AvgIpc) is 3.07. The van der Waals surface area contributed by atoms with E-state index in [1.54, 1.807) is 0 Å². The first-order valence-corrected chi connectivity index (χ1v) is 8.90. The summed E-state index contributed by atoms with van der Waals surface area (Å²) < 4.78 is 21.7. The Morgan fingerprint density at radius 1 is 1.14 bits per heavy atom. The van der Waals surface area contributed by atoms with E-state index in [9.17, 15) is 35.4 Å². The molecular weight excluding hydrogens is 405 g/mol. The van der Waals surface area contributed by atoms with Crippen LogP contribution in [0.5, 0.6) is 0 Å². The number of carboxylic acids is 1. The first-order chi connectivity index (χ1) is 13.1. The summed E-state index contributed by atoms with van der Waals surface area (Å²) in [4.78, 5) is 15.4. The number of aliphatic hydroxyl groups excluding tert-OH is 5. The van der Waals surface area contributed by atoms with Crippen molar-refractivity contribution in [2.24, 2.45) is 10.9 Å². The predicted octanol–water partition coefficient (Wildman–Crippen LogP) is -7.54. The zero-order valence-corrected chi connectivity index (χ0v) is 18.2. The normalized spacial score (nSPS) is 44.5. The van der Waals surface area contributed by atoms with Crippen molar-refractivity contribution in [1.82, 2.24) is 0 Å². The van der Waals surface area contributed by atoms with Crippen LogP contribution in [-0.2, 0) is 23.7 Å². The molecule has 160 valence electrons. The maximum atomic E-state index is 11.1. The Morgan fingerprint density at radius 3 is 2.34 bits per heavy atom. The van der Waals surface area contributed by atoms with Gasteiger partial charge in [0.2, 0.25) is 6.29 Å². The Hall–Kier alpha value is -0.380. The summed E-state index contributed by atoms with van der Waals surface area (Å²) in [5.74, 6) is -1.58. The van der Waals surface area contributed by atoms with E-state index in [1.807, 2.05) is 13.8 Å². The van der Waals surface area contributed by atoms with Crippen molar-refractivity contribution in [3.63, 3.8) is 0 Å². The van der Waals surface area contributed by atoms with Crippen molar-refractivity contribution < 1.29 is 83.9 Å². The number of hydrogen-bond acceptors (Lipinski definition) is 12. The van der Waals surface area contributed by atoms with Crippen LogP contribution < -0.4 is 34.7 Å². The third kappa shape index (κ3) is 4.77. The molecule has 0 unspecified atom stereocenters. The summed E-state index contributed by atoms with van der Waals surface area (Å²) in [6.07, 6.45) is -14.0. The monoisotopic (exact) mass is 429 g/mol. The fourth-order valence-electron chi connectivity index (χ4n) is 3.34. The molecule has 0 aromatic carbocycles. The second kappa shape index (κ2) is 9.83. The van der Waals surface area contributed by atoms with Crippen molar-refractivity contribution in [2.45, 2.75) is 75.2 Å². The maximum Gasteiger partial charge on any atom is 1.00 e. The number of nitrogens with zero attached hydrogens (tertiary/aromatic N) is 1. The third-order valence-electron chi connectivity index (χ3n) is 4.92. The molecule has 3 heterocycles. The number of aliphatic hydroxyl groups is 5. The Labute approximate surface area is 188 Å². The van der Waals surface area contributed by atoms with E-state index in [-0.39, 0.29) is 35.5 Å². The Balaban J connectivity index is 0.00000300. The van der Waals surface area contributed by atoms with Gasteiger partial charge in [-0.3, -0.25) is 0 Å². The van der Waals surface area contributed by atoms with Crippen molar-refractivity contribution in [2.75, 3.05) is 6.61 Å². The van der Waals surface area contributed by atoms with E-state index in [1.165, 1.54) is 0 Å². The molecule has 2 saturated heterocycles. The van der Waals surface area contributed by atoms with Gasteiger partial charge in [0, 0.05) is 5.92 Å². The second-order valence-corrected chi connectivity index (χ2v) is 7.26. The van der Waals surface area contributed by atoms with Gasteiger partial charge in [-0.05, 0) is 0 Å². The molecule has 0 aliphatic carbocycles. The molecule has 0 radical (unpaired) electrons. The summed E-state index contributed by atoms with van der Waals surface area (Å²) in [5, 5.41) is 60.8. The van der Waals surface area contributed by atoms with Crippen LogP contribution in [0.15, 0.2) is 4.99 Å². The van der Waals surface area contributed by atoms with Gasteiger partial charge < -0.3 is 54.4 Å². The summed E-state index contributed by atoms with van der Waals surface area (Å²) >= 11 is 0. The van der Waals surface area contributed by atoms with E-state index in [2.05, 4.69) is 4.99 Å². The van der Waals surface area contributed by atoms with E-state index < -0.39 is 73.9 Å². The quantitative estimate of drug-likeness (QED) is 0.261. The van der Waals surface area contributed by atoms with E-state index >= 15 is 0 Å². The first kappa shape index (κ1) is 24.9. The van der Waals surface area contributed by atoms with Crippen LogP contribution in [-0.4, -0.2) is 105 Å². The van der Waals surface area contributed by atoms with Gasteiger partial charge in [-0.15, -0.1) is 0 Å². The van der Waals surface area contributed by atoms with Gasteiger partial charge in [0.05, 0.1) is 12.6 Å². The molecule has 0 saturated carbocycles. The predicted molar refractivity (Wildman–Crippen MR) is 85.5 cm³/mol. The van der Waals surface area contributed by atoms with Gasteiger partial charge in [-0.2, -0.15) is 0 Å². The summed E-state index contributed by atoms with van der Waals surface area (Å²) in [6.45, 7) is 3.08. The summed E-state index contributed by atoms with van der Waals surface area (Å²) in [6, 6.07) is -0.892. The molecule has 3 aliphatic heterocycles. The van der Waals surface area contributed by atoms with Crippen LogP contribution >= 0.6 is 0 Å². The number of rotatable bonds is 5. The van der Waals surface area contributed by atoms with Crippen molar-refractivity contribution in [3.8, 4) is 0 Å². The van der Waals surface area contributed by atoms with E-state index in [4.69, 9.17) is 18.9 Å².